The lowest BCUT2D eigenvalue weighted by Crippen LogP contribution is -2.19. The Kier molecular flexibility index (Phi) is 5.92. The summed E-state index contributed by atoms with van der Waals surface area (Å²) in [6, 6.07) is 15.7. The third-order valence-corrected chi connectivity index (χ3v) is 3.70. The average Bonchev–Trinajstić information content (AvgIpc) is 2.58. The van der Waals surface area contributed by atoms with Crippen LogP contribution in [0.3, 0.4) is 0 Å². The molecule has 1 amide bonds. The Hall–Kier alpha value is -2.62. The van der Waals surface area contributed by atoms with Crippen molar-refractivity contribution < 1.29 is 9.53 Å². The number of benzene rings is 2. The van der Waals surface area contributed by atoms with Gasteiger partial charge in [-0.15, -0.1) is 0 Å². The summed E-state index contributed by atoms with van der Waals surface area (Å²) in [7, 11) is 0. The molecule has 0 fully saturated rings. The molecular formula is C19H22N2O2. The minimum atomic E-state index is -0.489. The minimum Gasteiger partial charge on any atom is -0.484 e. The van der Waals surface area contributed by atoms with Gasteiger partial charge in [0.1, 0.15) is 5.75 Å². The van der Waals surface area contributed by atoms with Gasteiger partial charge in [0.15, 0.2) is 6.61 Å². The molecule has 0 heterocycles. The molecule has 0 saturated heterocycles. The fourth-order valence-corrected chi connectivity index (χ4v) is 2.08. The zero-order valence-electron chi connectivity index (χ0n) is 13.5. The van der Waals surface area contributed by atoms with Gasteiger partial charge in [-0.25, -0.2) is 0 Å². The van der Waals surface area contributed by atoms with Crippen LogP contribution in [0.2, 0.25) is 0 Å². The van der Waals surface area contributed by atoms with Gasteiger partial charge in [-0.2, -0.15) is 0 Å². The molecule has 0 radical (unpaired) electrons. The summed E-state index contributed by atoms with van der Waals surface area (Å²) >= 11 is 0. The highest BCUT2D eigenvalue weighted by atomic mass is 16.5. The molecule has 0 aliphatic rings. The Morgan fingerprint density at radius 1 is 1.17 bits per heavy atom. The molecule has 1 atom stereocenters. The van der Waals surface area contributed by atoms with Gasteiger partial charge < -0.3 is 10.5 Å². The Morgan fingerprint density at radius 2 is 1.83 bits per heavy atom. The second kappa shape index (κ2) is 8.13. The molecule has 2 aromatic rings. The summed E-state index contributed by atoms with van der Waals surface area (Å²) in [6.45, 7) is 4.30. The van der Waals surface area contributed by atoms with Gasteiger partial charge >= 0.3 is 0 Å². The van der Waals surface area contributed by atoms with Crippen LogP contribution >= 0.6 is 0 Å². The highest BCUT2D eigenvalue weighted by Crippen LogP contribution is 2.21. The van der Waals surface area contributed by atoms with Gasteiger partial charge in [0.2, 0.25) is 0 Å². The van der Waals surface area contributed by atoms with Crippen LogP contribution in [-0.4, -0.2) is 18.7 Å². The third kappa shape index (κ3) is 5.25. The highest BCUT2D eigenvalue weighted by molar-refractivity contribution is 5.82. The molecular weight excluding hydrogens is 288 g/mol. The Labute approximate surface area is 137 Å². The van der Waals surface area contributed by atoms with Crippen LogP contribution in [0.5, 0.6) is 5.75 Å². The second-order valence-electron chi connectivity index (χ2n) is 5.48. The molecule has 0 unspecified atom stereocenters. The normalized spacial score (nSPS) is 12.3. The first kappa shape index (κ1) is 16.7. The number of nitrogens with two attached hydrogens (primary N) is 1. The highest BCUT2D eigenvalue weighted by Gasteiger charge is 2.01. The molecule has 0 aliphatic heterocycles. The van der Waals surface area contributed by atoms with Crippen LogP contribution in [0, 0.1) is 0 Å². The number of hydrogen-bond acceptors (Lipinski definition) is 3. The van der Waals surface area contributed by atoms with E-state index in [-0.39, 0.29) is 6.61 Å². The van der Waals surface area contributed by atoms with Crippen molar-refractivity contribution in [3.8, 4) is 5.75 Å². The number of primary amides is 1. The van der Waals surface area contributed by atoms with Crippen LogP contribution in [-0.2, 0) is 4.79 Å². The van der Waals surface area contributed by atoms with E-state index in [0.29, 0.717) is 11.7 Å². The fraction of sp³-hybridized carbons (Fsp3) is 0.263. The lowest BCUT2D eigenvalue weighted by Gasteiger charge is -2.08. The Morgan fingerprint density at radius 3 is 2.39 bits per heavy atom. The number of carbonyl (C=O) groups excluding carboxylic acids is 1. The lowest BCUT2D eigenvalue weighted by molar-refractivity contribution is -0.119. The maximum atomic E-state index is 10.7. The average molecular weight is 310 g/mol. The summed E-state index contributed by atoms with van der Waals surface area (Å²) < 4.78 is 5.21. The number of hydrogen-bond donors (Lipinski definition) is 1. The molecule has 0 aliphatic carbocycles. The molecule has 4 heteroatoms. The molecule has 4 nitrogen and oxygen atoms in total. The van der Waals surface area contributed by atoms with E-state index in [4.69, 9.17) is 10.5 Å². The minimum absolute atomic E-state index is 0.115. The molecule has 0 bridgehead atoms. The third-order valence-electron chi connectivity index (χ3n) is 3.70. The fourth-order valence-electron chi connectivity index (χ4n) is 2.08. The molecule has 2 aromatic carbocycles. The number of rotatable bonds is 7. The maximum Gasteiger partial charge on any atom is 0.255 e. The summed E-state index contributed by atoms with van der Waals surface area (Å²) in [6.07, 6.45) is 2.93. The summed E-state index contributed by atoms with van der Waals surface area (Å²) in [4.78, 5) is 15.1. The topological polar surface area (TPSA) is 64.7 Å². The number of nitrogens with zero attached hydrogens (tertiary/aromatic N) is 1. The van der Waals surface area contributed by atoms with E-state index < -0.39 is 5.91 Å². The Bertz CT molecular complexity index is 661. The Balaban J connectivity index is 1.98. The van der Waals surface area contributed by atoms with Crippen molar-refractivity contribution in [2.24, 2.45) is 10.7 Å². The van der Waals surface area contributed by atoms with Crippen molar-refractivity contribution >= 4 is 17.8 Å². The monoisotopic (exact) mass is 310 g/mol. The molecule has 0 spiro atoms. The van der Waals surface area contributed by atoms with Crippen LogP contribution in [0.15, 0.2) is 53.5 Å². The van der Waals surface area contributed by atoms with Gasteiger partial charge in [0, 0.05) is 6.21 Å². The smallest absolute Gasteiger partial charge is 0.255 e. The van der Waals surface area contributed by atoms with E-state index in [1.165, 1.54) is 5.56 Å². The zero-order chi connectivity index (χ0) is 16.7. The van der Waals surface area contributed by atoms with Crippen molar-refractivity contribution in [3.05, 3.63) is 59.7 Å². The van der Waals surface area contributed by atoms with Crippen LogP contribution < -0.4 is 10.5 Å². The van der Waals surface area contributed by atoms with E-state index in [9.17, 15) is 4.79 Å². The standard InChI is InChI=1S/C19H22N2O2/c1-3-14(2)16-6-8-17(9-7-16)21-12-15-4-10-18(11-5-15)23-13-19(20)22/h4-12,14H,3,13H2,1-2H3,(H2,20,22)/t14-/m1/s1. The second-order valence-corrected chi connectivity index (χ2v) is 5.48. The van der Waals surface area contributed by atoms with Gasteiger partial charge in [-0.1, -0.05) is 26.0 Å². The molecule has 23 heavy (non-hydrogen) atoms. The summed E-state index contributed by atoms with van der Waals surface area (Å²) in [5.74, 6) is 0.691. The van der Waals surface area contributed by atoms with Crippen LogP contribution in [0.1, 0.15) is 37.3 Å². The van der Waals surface area contributed by atoms with Crippen molar-refractivity contribution in [2.45, 2.75) is 26.2 Å². The van der Waals surface area contributed by atoms with Crippen molar-refractivity contribution in [2.75, 3.05) is 6.61 Å². The maximum absolute atomic E-state index is 10.7. The number of aliphatic imine (C=N–C) groups is 1. The number of ether oxygens (including phenoxy) is 1. The molecule has 2 N–H and O–H groups in total. The lowest BCUT2D eigenvalue weighted by atomic mass is 9.99. The van der Waals surface area contributed by atoms with Crippen molar-refractivity contribution in [1.82, 2.24) is 0 Å². The van der Waals surface area contributed by atoms with E-state index in [1.807, 2.05) is 24.3 Å². The summed E-state index contributed by atoms with van der Waals surface area (Å²) in [5.41, 5.74) is 8.25. The number of amides is 1. The van der Waals surface area contributed by atoms with E-state index in [2.05, 4.69) is 31.0 Å². The predicted octanol–water partition coefficient (Wildman–Crippen LogP) is 3.81. The van der Waals surface area contributed by atoms with Crippen molar-refractivity contribution in [3.63, 3.8) is 0 Å². The number of carbonyl (C=O) groups is 1. The first-order valence-corrected chi connectivity index (χ1v) is 7.73. The quantitative estimate of drug-likeness (QED) is 0.790. The molecule has 120 valence electrons. The first-order valence-electron chi connectivity index (χ1n) is 7.73. The van der Waals surface area contributed by atoms with Crippen molar-refractivity contribution in [1.29, 1.82) is 0 Å². The van der Waals surface area contributed by atoms with E-state index >= 15 is 0 Å². The SMILES string of the molecule is CC[C@@H](C)c1ccc(N=Cc2ccc(OCC(N)=O)cc2)cc1. The molecule has 0 saturated carbocycles. The van der Waals surface area contributed by atoms with Gasteiger partial charge in [-0.05, 0) is 59.9 Å². The summed E-state index contributed by atoms with van der Waals surface area (Å²) in [5, 5.41) is 0. The first-order chi connectivity index (χ1) is 11.1. The van der Waals surface area contributed by atoms with Crippen LogP contribution in [0.4, 0.5) is 5.69 Å². The van der Waals surface area contributed by atoms with E-state index in [1.54, 1.807) is 18.3 Å². The van der Waals surface area contributed by atoms with Crippen LogP contribution in [0.25, 0.3) is 0 Å². The predicted molar refractivity (Wildman–Crippen MR) is 93.5 cm³/mol. The molecule has 0 aromatic heterocycles. The van der Waals surface area contributed by atoms with Gasteiger partial charge in [-0.3, -0.25) is 9.79 Å². The zero-order valence-corrected chi connectivity index (χ0v) is 13.5. The van der Waals surface area contributed by atoms with Gasteiger partial charge in [0.05, 0.1) is 5.69 Å². The van der Waals surface area contributed by atoms with Gasteiger partial charge in [0.25, 0.3) is 5.91 Å². The molecule has 2 rings (SSSR count). The van der Waals surface area contributed by atoms with E-state index in [0.717, 1.165) is 17.7 Å². The largest absolute Gasteiger partial charge is 0.484 e.